The van der Waals surface area contributed by atoms with Gasteiger partial charge in [0.25, 0.3) is 0 Å². The fourth-order valence-electron chi connectivity index (χ4n) is 1.56. The maximum atomic E-state index is 11.1. The number of rotatable bonds is 4. The lowest BCUT2D eigenvalue weighted by atomic mass is 10.0. The van der Waals surface area contributed by atoms with E-state index in [1.54, 1.807) is 19.2 Å². The van der Waals surface area contributed by atoms with E-state index >= 15 is 0 Å². The molecule has 0 fully saturated rings. The van der Waals surface area contributed by atoms with Crippen LogP contribution in [0.25, 0.3) is 0 Å². The molecule has 0 amide bonds. The van der Waals surface area contributed by atoms with Gasteiger partial charge in [-0.3, -0.25) is 0 Å². The van der Waals surface area contributed by atoms with Gasteiger partial charge in [-0.1, -0.05) is 13.8 Å². The monoisotopic (exact) mass is 233 g/mol. The van der Waals surface area contributed by atoms with Crippen LogP contribution in [-0.4, -0.2) is 32.2 Å². The molecule has 0 unspecified atom stereocenters. The van der Waals surface area contributed by atoms with E-state index in [1.165, 1.54) is 6.08 Å². The van der Waals surface area contributed by atoms with E-state index in [4.69, 9.17) is 0 Å². The van der Waals surface area contributed by atoms with E-state index in [9.17, 15) is 18.3 Å². The van der Waals surface area contributed by atoms with Crippen LogP contribution in [0.1, 0.15) is 13.8 Å². The molecule has 0 spiro atoms. The lowest BCUT2D eigenvalue weighted by Crippen LogP contribution is -2.98. The van der Waals surface area contributed by atoms with Crippen LogP contribution >= 0.6 is 0 Å². The van der Waals surface area contributed by atoms with Crippen molar-refractivity contribution in [1.29, 1.82) is 0 Å². The summed E-state index contributed by atoms with van der Waals surface area (Å²) in [4.78, 5) is 10.8. The molecule has 0 aromatic heterocycles. The molecule has 2 N–H and O–H groups in total. The van der Waals surface area contributed by atoms with E-state index in [2.05, 4.69) is 0 Å². The molecular weight excluding hydrogens is 218 g/mol. The van der Waals surface area contributed by atoms with Crippen molar-refractivity contribution in [2.45, 2.75) is 25.9 Å². The summed E-state index contributed by atoms with van der Waals surface area (Å²) in [6.07, 6.45) is 1.52. The molecule has 2 atom stereocenters. The molecule has 0 aliphatic carbocycles. The van der Waals surface area contributed by atoms with E-state index < -0.39 is 21.8 Å². The zero-order valence-electron chi connectivity index (χ0n) is 8.71. The topological polar surface area (TPSA) is 90.9 Å². The minimum Gasteiger partial charge on any atom is -0.544 e. The summed E-state index contributed by atoms with van der Waals surface area (Å²) < 4.78 is 22.2. The lowest BCUT2D eigenvalue weighted by Gasteiger charge is -2.22. The molecule has 0 aromatic carbocycles. The number of quaternary nitrogens is 1. The highest BCUT2D eigenvalue weighted by atomic mass is 32.2. The summed E-state index contributed by atoms with van der Waals surface area (Å²) in [5.41, 5.74) is 0. The Kier molecular flexibility index (Phi) is 3.51. The van der Waals surface area contributed by atoms with Gasteiger partial charge in [0.2, 0.25) is 0 Å². The second-order valence-corrected chi connectivity index (χ2v) is 6.03. The zero-order chi connectivity index (χ0) is 11.6. The second kappa shape index (κ2) is 4.32. The summed E-state index contributed by atoms with van der Waals surface area (Å²) in [5.74, 6) is -1.27. The molecule has 0 saturated carbocycles. The van der Waals surface area contributed by atoms with Crippen molar-refractivity contribution in [1.82, 2.24) is 0 Å². The van der Waals surface area contributed by atoms with Crippen LogP contribution in [0.3, 0.4) is 0 Å². The highest BCUT2D eigenvalue weighted by molar-refractivity contribution is 7.94. The van der Waals surface area contributed by atoms with Crippen LogP contribution in [0.5, 0.6) is 0 Å². The minimum atomic E-state index is -3.12. The number of hydrogen-bond acceptors (Lipinski definition) is 4. The van der Waals surface area contributed by atoms with Crippen molar-refractivity contribution in [2.24, 2.45) is 5.92 Å². The fraction of sp³-hybridized carbons (Fsp3) is 0.667. The Hall–Kier alpha value is -0.880. The number of hydrogen-bond donors (Lipinski definition) is 1. The molecule has 0 radical (unpaired) electrons. The Morgan fingerprint density at radius 1 is 1.53 bits per heavy atom. The van der Waals surface area contributed by atoms with Crippen LogP contribution in [0.4, 0.5) is 0 Å². The molecule has 0 bridgehead atoms. The maximum Gasteiger partial charge on any atom is 0.177 e. The first-order valence-electron chi connectivity index (χ1n) is 4.78. The Morgan fingerprint density at radius 3 is 2.47 bits per heavy atom. The molecule has 86 valence electrons. The number of nitrogens with two attached hydrogens (primary N) is 1. The summed E-state index contributed by atoms with van der Waals surface area (Å²) in [7, 11) is -3.12. The van der Waals surface area contributed by atoms with Crippen LogP contribution < -0.4 is 10.4 Å². The summed E-state index contributed by atoms with van der Waals surface area (Å²) >= 11 is 0. The first-order chi connectivity index (χ1) is 6.82. The van der Waals surface area contributed by atoms with Gasteiger partial charge in [0.05, 0.1) is 5.97 Å². The predicted molar refractivity (Wildman–Crippen MR) is 52.3 cm³/mol. The van der Waals surface area contributed by atoms with Crippen LogP contribution in [0.15, 0.2) is 11.5 Å². The van der Waals surface area contributed by atoms with Crippen molar-refractivity contribution in [2.75, 3.05) is 5.75 Å². The Morgan fingerprint density at radius 2 is 2.13 bits per heavy atom. The fourth-order valence-corrected chi connectivity index (χ4v) is 2.87. The number of carboxylic acids is 1. The normalized spacial score (nSPS) is 25.7. The molecular formula is C9H15NO4S. The number of carboxylic acid groups (broad SMARTS) is 1. The molecule has 6 heteroatoms. The number of carbonyl (C=O) groups is 1. The number of sulfone groups is 1. The molecule has 1 heterocycles. The molecule has 1 aliphatic heterocycles. The van der Waals surface area contributed by atoms with Gasteiger partial charge >= 0.3 is 0 Å². The highest BCUT2D eigenvalue weighted by Gasteiger charge is 2.29. The maximum absolute atomic E-state index is 11.1. The van der Waals surface area contributed by atoms with Crippen LogP contribution in [0, 0.1) is 5.92 Å². The third-order valence-electron chi connectivity index (χ3n) is 2.40. The average molecular weight is 233 g/mol. The molecule has 1 aliphatic rings. The van der Waals surface area contributed by atoms with E-state index in [-0.39, 0.29) is 17.7 Å². The first-order valence-corrected chi connectivity index (χ1v) is 6.50. The average Bonchev–Trinajstić information content (AvgIpc) is 2.40. The smallest absolute Gasteiger partial charge is 0.177 e. The molecule has 5 nitrogen and oxygen atoms in total. The zero-order valence-corrected chi connectivity index (χ0v) is 9.53. The Labute approximate surface area is 89.1 Å². The van der Waals surface area contributed by atoms with Gasteiger partial charge in [0, 0.05) is 11.3 Å². The Balaban J connectivity index is 2.63. The van der Waals surface area contributed by atoms with E-state index in [1.807, 2.05) is 0 Å². The number of aliphatic carboxylic acids is 1. The summed E-state index contributed by atoms with van der Waals surface area (Å²) in [6.45, 7) is 3.54. The predicted octanol–water partition coefficient (Wildman–Crippen LogP) is -2.36. The molecule has 0 aromatic rings. The largest absolute Gasteiger partial charge is 0.544 e. The standard InChI is InChI=1S/C9H15NO4S/c1-6(2)8(9(11)12)10-7-3-4-15(13,14)5-7/h3-4,6-8,10H,5H2,1-2H3,(H,11,12)/t7-,8+/m1/s1. The van der Waals surface area contributed by atoms with Gasteiger partial charge in [-0.05, 0) is 6.08 Å². The first kappa shape index (κ1) is 12.2. The molecule has 15 heavy (non-hydrogen) atoms. The molecule has 0 saturated heterocycles. The second-order valence-electron chi connectivity index (χ2n) is 4.10. The summed E-state index contributed by atoms with van der Waals surface area (Å²) in [6, 6.07) is -1.01. The van der Waals surface area contributed by atoms with Gasteiger partial charge < -0.3 is 15.2 Å². The SMILES string of the molecule is CC(C)[C@H]([NH2+][C@@H]1C=CS(=O)(=O)C1)C(=O)[O-]. The number of carbonyl (C=O) groups excluding carboxylic acids is 1. The van der Waals surface area contributed by atoms with Crippen LogP contribution in [0.2, 0.25) is 0 Å². The van der Waals surface area contributed by atoms with Crippen molar-refractivity contribution in [3.05, 3.63) is 11.5 Å². The van der Waals surface area contributed by atoms with Gasteiger partial charge in [-0.15, -0.1) is 0 Å². The van der Waals surface area contributed by atoms with Gasteiger partial charge in [0.15, 0.2) is 9.84 Å². The minimum absolute atomic E-state index is 0.0243. The van der Waals surface area contributed by atoms with Gasteiger partial charge in [-0.25, -0.2) is 8.42 Å². The van der Waals surface area contributed by atoms with Crippen LogP contribution in [-0.2, 0) is 14.6 Å². The lowest BCUT2D eigenvalue weighted by molar-refractivity contribution is -0.707. The van der Waals surface area contributed by atoms with Gasteiger partial charge in [-0.2, -0.15) is 0 Å². The van der Waals surface area contributed by atoms with E-state index in [0.29, 0.717) is 0 Å². The van der Waals surface area contributed by atoms with Gasteiger partial charge in [0.1, 0.15) is 17.8 Å². The summed E-state index contributed by atoms with van der Waals surface area (Å²) in [5, 5.41) is 13.5. The van der Waals surface area contributed by atoms with Crippen molar-refractivity contribution >= 4 is 15.8 Å². The van der Waals surface area contributed by atoms with Crippen molar-refractivity contribution in [3.63, 3.8) is 0 Å². The Bertz CT molecular complexity index is 372. The van der Waals surface area contributed by atoms with Crippen molar-refractivity contribution in [3.8, 4) is 0 Å². The highest BCUT2D eigenvalue weighted by Crippen LogP contribution is 2.05. The van der Waals surface area contributed by atoms with Crippen molar-refractivity contribution < 1.29 is 23.6 Å². The third kappa shape index (κ3) is 3.32. The molecule has 1 rings (SSSR count). The third-order valence-corrected chi connectivity index (χ3v) is 3.82. The van der Waals surface area contributed by atoms with E-state index in [0.717, 1.165) is 5.41 Å². The quantitative estimate of drug-likeness (QED) is 0.588.